The van der Waals surface area contributed by atoms with Crippen molar-refractivity contribution < 1.29 is 42.7 Å². The third kappa shape index (κ3) is 29.1. The first-order valence-electron chi connectivity index (χ1n) is 12.2. The maximum Gasteiger partial charge on any atom is 0.305 e. The highest BCUT2D eigenvalue weighted by molar-refractivity contribution is 5.69. The predicted octanol–water partition coefficient (Wildman–Crippen LogP) is 1.57. The summed E-state index contributed by atoms with van der Waals surface area (Å²) >= 11 is 0. The molecule has 0 aliphatic carbocycles. The van der Waals surface area contributed by atoms with Crippen LogP contribution >= 0.6 is 0 Å². The first kappa shape index (κ1) is 32.1. The Morgan fingerprint density at radius 2 is 0.879 bits per heavy atom. The summed E-state index contributed by atoms with van der Waals surface area (Å²) in [7, 11) is 0. The molecule has 0 rings (SSSR count). The Morgan fingerprint density at radius 3 is 1.24 bits per heavy atom. The molecule has 0 saturated heterocycles. The number of hydrogen-bond donors (Lipinski definition) is 1. The highest BCUT2D eigenvalue weighted by Gasteiger charge is 2.02. The zero-order valence-corrected chi connectivity index (χ0v) is 20.6. The van der Waals surface area contributed by atoms with Crippen molar-refractivity contribution in [1.29, 1.82) is 0 Å². The van der Waals surface area contributed by atoms with Crippen LogP contribution in [-0.2, 0) is 42.7 Å². The normalized spacial score (nSPS) is 11.2. The van der Waals surface area contributed by atoms with Gasteiger partial charge in [-0.3, -0.25) is 4.79 Å². The summed E-state index contributed by atoms with van der Waals surface area (Å²) in [5.74, 6) is -0.148. The average Bonchev–Trinajstić information content (AvgIpc) is 2.82. The van der Waals surface area contributed by atoms with E-state index in [0.717, 1.165) is 25.7 Å². The summed E-state index contributed by atoms with van der Waals surface area (Å²) < 4.78 is 42.7. The molecule has 10 heteroatoms. The summed E-state index contributed by atoms with van der Waals surface area (Å²) in [5.41, 5.74) is 5.31. The van der Waals surface area contributed by atoms with Gasteiger partial charge in [-0.15, -0.1) is 0 Å². The van der Waals surface area contributed by atoms with E-state index >= 15 is 0 Å². The second kappa shape index (κ2) is 29.2. The molecule has 0 atom stereocenters. The molecule has 0 aliphatic rings. The number of nitrogens with two attached hydrogens (primary N) is 1. The molecule has 0 aromatic carbocycles. The van der Waals surface area contributed by atoms with Gasteiger partial charge in [0.15, 0.2) is 0 Å². The number of unbranched alkanes of at least 4 members (excludes halogenated alkanes) is 3. The molecule has 0 saturated carbocycles. The largest absolute Gasteiger partial charge is 0.463 e. The van der Waals surface area contributed by atoms with Gasteiger partial charge in [0, 0.05) is 13.0 Å². The lowest BCUT2D eigenvalue weighted by Gasteiger charge is -2.08. The molecule has 10 nitrogen and oxygen atoms in total. The first-order valence-corrected chi connectivity index (χ1v) is 12.2. The smallest absolute Gasteiger partial charge is 0.305 e. The topological polar surface area (TPSA) is 117 Å². The van der Waals surface area contributed by atoms with Crippen LogP contribution in [-0.4, -0.2) is 112 Å². The van der Waals surface area contributed by atoms with Crippen molar-refractivity contribution in [3.8, 4) is 0 Å². The standard InChI is InChI=1S/C23H47NO9/c1-2-3-4-5-6-23(25)33-22-21-32-20-19-31-18-17-30-16-15-29-14-13-28-12-11-27-10-9-26-8-7-24/h2-22,24H2,1H3. The lowest BCUT2D eigenvalue weighted by Crippen LogP contribution is -2.15. The van der Waals surface area contributed by atoms with Gasteiger partial charge in [0.05, 0.1) is 92.5 Å². The van der Waals surface area contributed by atoms with Crippen LogP contribution in [0.2, 0.25) is 0 Å². The molecule has 0 aromatic rings. The minimum absolute atomic E-state index is 0.148. The summed E-state index contributed by atoms with van der Waals surface area (Å²) in [6, 6.07) is 0. The Balaban J connectivity index is 3.07. The van der Waals surface area contributed by atoms with Crippen LogP contribution in [0.1, 0.15) is 39.0 Å². The first-order chi connectivity index (χ1) is 16.3. The van der Waals surface area contributed by atoms with Crippen molar-refractivity contribution in [2.75, 3.05) is 106 Å². The molecule has 0 heterocycles. The quantitative estimate of drug-likeness (QED) is 0.130. The van der Waals surface area contributed by atoms with Crippen molar-refractivity contribution in [2.45, 2.75) is 39.0 Å². The molecule has 0 radical (unpaired) electrons. The van der Waals surface area contributed by atoms with Gasteiger partial charge >= 0.3 is 5.97 Å². The van der Waals surface area contributed by atoms with Crippen LogP contribution in [0, 0.1) is 0 Å². The van der Waals surface area contributed by atoms with Crippen LogP contribution in [0.5, 0.6) is 0 Å². The van der Waals surface area contributed by atoms with Gasteiger partial charge in [0.1, 0.15) is 6.61 Å². The number of esters is 1. The lowest BCUT2D eigenvalue weighted by molar-refractivity contribution is -0.145. The van der Waals surface area contributed by atoms with Crippen molar-refractivity contribution >= 4 is 5.97 Å². The van der Waals surface area contributed by atoms with E-state index in [1.165, 1.54) is 0 Å². The van der Waals surface area contributed by atoms with E-state index in [9.17, 15) is 4.79 Å². The van der Waals surface area contributed by atoms with E-state index in [2.05, 4.69) is 6.92 Å². The van der Waals surface area contributed by atoms with E-state index < -0.39 is 0 Å². The summed E-state index contributed by atoms with van der Waals surface area (Å²) in [4.78, 5) is 11.5. The van der Waals surface area contributed by atoms with Gasteiger partial charge in [-0.2, -0.15) is 0 Å². The highest BCUT2D eigenvalue weighted by atomic mass is 16.6. The molecule has 0 fully saturated rings. The second-order valence-electron chi connectivity index (χ2n) is 7.11. The molecule has 0 unspecified atom stereocenters. The van der Waals surface area contributed by atoms with Crippen LogP contribution in [0.3, 0.4) is 0 Å². The van der Waals surface area contributed by atoms with Crippen molar-refractivity contribution in [1.82, 2.24) is 0 Å². The van der Waals surface area contributed by atoms with Gasteiger partial charge in [-0.05, 0) is 6.42 Å². The third-order valence-electron chi connectivity index (χ3n) is 4.22. The molecule has 0 spiro atoms. The number of ether oxygens (including phenoxy) is 8. The molecule has 198 valence electrons. The molecule has 33 heavy (non-hydrogen) atoms. The van der Waals surface area contributed by atoms with Crippen LogP contribution in [0.4, 0.5) is 0 Å². The second-order valence-corrected chi connectivity index (χ2v) is 7.11. The minimum atomic E-state index is -0.148. The number of carbonyl (C=O) groups excluding carboxylic acids is 1. The van der Waals surface area contributed by atoms with E-state index in [4.69, 9.17) is 43.6 Å². The van der Waals surface area contributed by atoms with E-state index in [1.807, 2.05) is 0 Å². The average molecular weight is 482 g/mol. The van der Waals surface area contributed by atoms with Crippen LogP contribution in [0.15, 0.2) is 0 Å². The molecule has 0 amide bonds. The zero-order chi connectivity index (χ0) is 24.1. The van der Waals surface area contributed by atoms with Gasteiger partial charge < -0.3 is 43.6 Å². The van der Waals surface area contributed by atoms with Crippen molar-refractivity contribution in [3.63, 3.8) is 0 Å². The Kier molecular flexibility index (Phi) is 28.4. The van der Waals surface area contributed by atoms with E-state index in [0.29, 0.717) is 112 Å². The number of hydrogen-bond acceptors (Lipinski definition) is 10. The Bertz CT molecular complexity index is 389. The molecular formula is C23H47NO9. The molecule has 0 bridgehead atoms. The minimum Gasteiger partial charge on any atom is -0.463 e. The Morgan fingerprint density at radius 1 is 0.515 bits per heavy atom. The highest BCUT2D eigenvalue weighted by Crippen LogP contribution is 2.03. The number of rotatable bonds is 28. The summed E-state index contributed by atoms with van der Waals surface area (Å²) in [6.07, 6.45) is 4.79. The van der Waals surface area contributed by atoms with Gasteiger partial charge in [0.25, 0.3) is 0 Å². The SMILES string of the molecule is CCCCCCC(=O)OCCOCCOCCOCCOCCOCCOCCOCCN. The maximum atomic E-state index is 11.5. The third-order valence-corrected chi connectivity index (χ3v) is 4.22. The molecular weight excluding hydrogens is 434 g/mol. The molecule has 2 N–H and O–H groups in total. The monoisotopic (exact) mass is 481 g/mol. The summed E-state index contributed by atoms with van der Waals surface area (Å²) in [5, 5.41) is 0. The molecule has 0 aromatic heterocycles. The van der Waals surface area contributed by atoms with E-state index in [1.54, 1.807) is 0 Å². The van der Waals surface area contributed by atoms with Crippen LogP contribution in [0.25, 0.3) is 0 Å². The summed E-state index contributed by atoms with van der Waals surface area (Å²) in [6.45, 7) is 10.1. The lowest BCUT2D eigenvalue weighted by atomic mass is 10.2. The van der Waals surface area contributed by atoms with E-state index in [-0.39, 0.29) is 5.97 Å². The van der Waals surface area contributed by atoms with Crippen molar-refractivity contribution in [2.24, 2.45) is 5.73 Å². The Hall–Kier alpha value is -0.850. The fourth-order valence-electron chi connectivity index (χ4n) is 2.49. The number of carbonyl (C=O) groups is 1. The molecule has 0 aliphatic heterocycles. The fourth-order valence-corrected chi connectivity index (χ4v) is 2.49. The van der Waals surface area contributed by atoms with Crippen LogP contribution < -0.4 is 5.73 Å². The van der Waals surface area contributed by atoms with Gasteiger partial charge in [-0.25, -0.2) is 0 Å². The van der Waals surface area contributed by atoms with Gasteiger partial charge in [-0.1, -0.05) is 26.2 Å². The predicted molar refractivity (Wildman–Crippen MR) is 125 cm³/mol. The fraction of sp³-hybridized carbons (Fsp3) is 0.957. The van der Waals surface area contributed by atoms with Gasteiger partial charge in [0.2, 0.25) is 0 Å². The maximum absolute atomic E-state index is 11.5. The van der Waals surface area contributed by atoms with Crippen molar-refractivity contribution in [3.05, 3.63) is 0 Å². The zero-order valence-electron chi connectivity index (χ0n) is 20.6. The Labute approximate surface area is 199 Å².